The van der Waals surface area contributed by atoms with Crippen LogP contribution < -0.4 is 5.32 Å². The zero-order valence-electron chi connectivity index (χ0n) is 11.3. The first-order valence-electron chi connectivity index (χ1n) is 6.18. The fourth-order valence-corrected chi connectivity index (χ4v) is 1.89. The molecular formula is C14H22FNO2. The van der Waals surface area contributed by atoms with E-state index in [-0.39, 0.29) is 11.9 Å². The molecule has 0 aliphatic carbocycles. The molecule has 0 aliphatic heterocycles. The van der Waals surface area contributed by atoms with Gasteiger partial charge in [0.2, 0.25) is 0 Å². The minimum atomic E-state index is -0.189. The first-order valence-corrected chi connectivity index (χ1v) is 6.18. The van der Waals surface area contributed by atoms with Crippen molar-refractivity contribution >= 4 is 0 Å². The number of rotatable bonds is 8. The topological polar surface area (TPSA) is 30.5 Å². The van der Waals surface area contributed by atoms with E-state index < -0.39 is 0 Å². The molecule has 0 aromatic heterocycles. The lowest BCUT2D eigenvalue weighted by atomic mass is 10.0. The van der Waals surface area contributed by atoms with E-state index in [1.807, 2.05) is 20.0 Å². The summed E-state index contributed by atoms with van der Waals surface area (Å²) in [4.78, 5) is 0. The van der Waals surface area contributed by atoms with Gasteiger partial charge in [0.1, 0.15) is 5.82 Å². The monoisotopic (exact) mass is 255 g/mol. The molecule has 0 fully saturated rings. The summed E-state index contributed by atoms with van der Waals surface area (Å²) in [7, 11) is 3.52. The molecule has 4 heteroatoms. The van der Waals surface area contributed by atoms with Gasteiger partial charge in [-0.1, -0.05) is 6.07 Å². The fraction of sp³-hybridized carbons (Fsp3) is 0.571. The molecule has 18 heavy (non-hydrogen) atoms. The van der Waals surface area contributed by atoms with Crippen LogP contribution in [0.2, 0.25) is 0 Å². The Morgan fingerprint density at radius 1 is 1.22 bits per heavy atom. The van der Waals surface area contributed by atoms with Crippen LogP contribution in [0.3, 0.4) is 0 Å². The standard InChI is InChI=1S/C14H22FNO2/c1-11-8-12(10-13(15)9-11)14(16-2)4-5-18-7-6-17-3/h8-10,14,16H,4-7H2,1-3H3. The maximum atomic E-state index is 13.3. The van der Waals surface area contributed by atoms with E-state index in [2.05, 4.69) is 5.32 Å². The molecule has 1 atom stereocenters. The van der Waals surface area contributed by atoms with E-state index in [1.165, 1.54) is 6.07 Å². The van der Waals surface area contributed by atoms with E-state index in [0.717, 1.165) is 17.5 Å². The quantitative estimate of drug-likeness (QED) is 0.724. The first-order chi connectivity index (χ1) is 8.67. The van der Waals surface area contributed by atoms with E-state index in [4.69, 9.17) is 9.47 Å². The predicted molar refractivity (Wildman–Crippen MR) is 70.2 cm³/mol. The largest absolute Gasteiger partial charge is 0.382 e. The van der Waals surface area contributed by atoms with Crippen molar-refractivity contribution in [2.75, 3.05) is 34.0 Å². The van der Waals surface area contributed by atoms with Gasteiger partial charge in [0, 0.05) is 19.8 Å². The third-order valence-electron chi connectivity index (χ3n) is 2.80. The maximum Gasteiger partial charge on any atom is 0.123 e. The molecule has 1 aromatic rings. The molecule has 1 rings (SSSR count). The fourth-order valence-electron chi connectivity index (χ4n) is 1.89. The van der Waals surface area contributed by atoms with E-state index in [9.17, 15) is 4.39 Å². The van der Waals surface area contributed by atoms with Crippen LogP contribution in [0.25, 0.3) is 0 Å². The number of hydrogen-bond acceptors (Lipinski definition) is 3. The minimum absolute atomic E-state index is 0.113. The molecule has 0 saturated heterocycles. The van der Waals surface area contributed by atoms with Crippen molar-refractivity contribution in [3.63, 3.8) is 0 Å². The molecule has 0 heterocycles. The van der Waals surface area contributed by atoms with Gasteiger partial charge in [-0.05, 0) is 43.7 Å². The average Bonchev–Trinajstić information content (AvgIpc) is 2.32. The van der Waals surface area contributed by atoms with Crippen LogP contribution in [-0.2, 0) is 9.47 Å². The maximum absolute atomic E-state index is 13.3. The van der Waals surface area contributed by atoms with Gasteiger partial charge in [0.05, 0.1) is 13.2 Å². The summed E-state index contributed by atoms with van der Waals surface area (Å²) in [5.41, 5.74) is 1.90. The normalized spacial score (nSPS) is 12.7. The molecule has 102 valence electrons. The smallest absolute Gasteiger partial charge is 0.123 e. The Bertz CT molecular complexity index is 337. The molecular weight excluding hydrogens is 233 g/mol. The molecule has 3 nitrogen and oxygen atoms in total. The van der Waals surface area contributed by atoms with Gasteiger partial charge < -0.3 is 14.8 Å². The van der Waals surface area contributed by atoms with Crippen LogP contribution in [0.5, 0.6) is 0 Å². The summed E-state index contributed by atoms with van der Waals surface area (Å²) in [5, 5.41) is 3.19. The number of nitrogens with one attached hydrogen (secondary N) is 1. The highest BCUT2D eigenvalue weighted by Crippen LogP contribution is 2.19. The number of halogens is 1. The van der Waals surface area contributed by atoms with Crippen molar-refractivity contribution in [3.8, 4) is 0 Å². The molecule has 1 aromatic carbocycles. The van der Waals surface area contributed by atoms with Gasteiger partial charge in [0.15, 0.2) is 0 Å². The average molecular weight is 255 g/mol. The van der Waals surface area contributed by atoms with Gasteiger partial charge in [-0.3, -0.25) is 0 Å². The highest BCUT2D eigenvalue weighted by atomic mass is 19.1. The zero-order valence-corrected chi connectivity index (χ0v) is 11.3. The summed E-state index contributed by atoms with van der Waals surface area (Å²) in [6.45, 7) is 3.72. The second-order valence-corrected chi connectivity index (χ2v) is 4.30. The van der Waals surface area contributed by atoms with E-state index in [1.54, 1.807) is 13.2 Å². The first kappa shape index (κ1) is 15.1. The molecule has 0 amide bonds. The number of methoxy groups -OCH3 is 1. The summed E-state index contributed by atoms with van der Waals surface area (Å²) in [6.07, 6.45) is 0.809. The third kappa shape index (κ3) is 5.12. The Kier molecular flexibility index (Phi) is 6.86. The van der Waals surface area contributed by atoms with Crippen LogP contribution >= 0.6 is 0 Å². The molecule has 0 radical (unpaired) electrons. The molecule has 0 saturated carbocycles. The van der Waals surface area contributed by atoms with Gasteiger partial charge >= 0.3 is 0 Å². The molecule has 0 aliphatic rings. The number of benzene rings is 1. The Hall–Kier alpha value is -0.970. The molecule has 1 N–H and O–H groups in total. The third-order valence-corrected chi connectivity index (χ3v) is 2.80. The van der Waals surface area contributed by atoms with E-state index in [0.29, 0.717) is 19.8 Å². The van der Waals surface area contributed by atoms with Crippen LogP contribution in [0, 0.1) is 12.7 Å². The highest BCUT2D eigenvalue weighted by molar-refractivity contribution is 5.26. The van der Waals surface area contributed by atoms with Gasteiger partial charge in [-0.2, -0.15) is 0 Å². The van der Waals surface area contributed by atoms with Crippen molar-refractivity contribution < 1.29 is 13.9 Å². The van der Waals surface area contributed by atoms with E-state index >= 15 is 0 Å². The van der Waals surface area contributed by atoms with Gasteiger partial charge in [-0.25, -0.2) is 4.39 Å². The van der Waals surface area contributed by atoms with Gasteiger partial charge in [0.25, 0.3) is 0 Å². The number of aryl methyl sites for hydroxylation is 1. The highest BCUT2D eigenvalue weighted by Gasteiger charge is 2.10. The van der Waals surface area contributed by atoms with Crippen molar-refractivity contribution in [2.45, 2.75) is 19.4 Å². The lowest BCUT2D eigenvalue weighted by Crippen LogP contribution is -2.19. The summed E-state index contributed by atoms with van der Waals surface area (Å²) < 4.78 is 23.7. The Balaban J connectivity index is 2.49. The number of ether oxygens (including phenoxy) is 2. The predicted octanol–water partition coefficient (Wildman–Crippen LogP) is 2.45. The summed E-state index contributed by atoms with van der Waals surface area (Å²) in [5.74, 6) is -0.189. The summed E-state index contributed by atoms with van der Waals surface area (Å²) in [6, 6.07) is 5.22. The second kappa shape index (κ2) is 8.19. The van der Waals surface area contributed by atoms with Gasteiger partial charge in [-0.15, -0.1) is 0 Å². The van der Waals surface area contributed by atoms with Crippen molar-refractivity contribution in [1.29, 1.82) is 0 Å². The lowest BCUT2D eigenvalue weighted by Gasteiger charge is -2.17. The second-order valence-electron chi connectivity index (χ2n) is 4.30. The number of hydrogen-bond donors (Lipinski definition) is 1. The Morgan fingerprint density at radius 3 is 2.61 bits per heavy atom. The van der Waals surface area contributed by atoms with Crippen LogP contribution in [0.15, 0.2) is 18.2 Å². The zero-order chi connectivity index (χ0) is 13.4. The molecule has 0 spiro atoms. The minimum Gasteiger partial charge on any atom is -0.382 e. The Morgan fingerprint density at radius 2 is 2.00 bits per heavy atom. The molecule has 1 unspecified atom stereocenters. The van der Waals surface area contributed by atoms with Crippen molar-refractivity contribution in [2.24, 2.45) is 0 Å². The SMILES string of the molecule is CNC(CCOCCOC)c1cc(C)cc(F)c1. The lowest BCUT2D eigenvalue weighted by molar-refractivity contribution is 0.0660. The van der Waals surface area contributed by atoms with Crippen LogP contribution in [-0.4, -0.2) is 34.0 Å². The summed E-state index contributed by atoms with van der Waals surface area (Å²) >= 11 is 0. The van der Waals surface area contributed by atoms with Crippen molar-refractivity contribution in [3.05, 3.63) is 35.1 Å². The van der Waals surface area contributed by atoms with Crippen LogP contribution in [0.4, 0.5) is 4.39 Å². The van der Waals surface area contributed by atoms with Crippen molar-refractivity contribution in [1.82, 2.24) is 5.32 Å². The Labute approximate surface area is 108 Å². The van der Waals surface area contributed by atoms with Crippen LogP contribution in [0.1, 0.15) is 23.6 Å². The molecule has 0 bridgehead atoms.